The Morgan fingerprint density at radius 2 is 0.541 bits per heavy atom. The first-order valence-electron chi connectivity index (χ1n) is 37.4. The number of aromatic amines is 2. The zero-order valence-corrected chi connectivity index (χ0v) is 62.6. The van der Waals surface area contributed by atoms with E-state index in [1.807, 2.05) is 48.5 Å². The monoisotopic (exact) mass is 1470 g/mol. The van der Waals surface area contributed by atoms with Crippen molar-refractivity contribution in [1.29, 1.82) is 0 Å². The molecule has 0 amide bonds. The van der Waals surface area contributed by atoms with E-state index in [4.69, 9.17) is 24.9 Å². The highest BCUT2D eigenvalue weighted by atomic mass is 16.5. The maximum absolute atomic E-state index is 12.0. The van der Waals surface area contributed by atoms with Gasteiger partial charge in [0.05, 0.1) is 61.5 Å². The van der Waals surface area contributed by atoms with E-state index in [9.17, 15) is 39.3 Å². The van der Waals surface area contributed by atoms with Crippen LogP contribution in [0.25, 0.3) is 133 Å². The average molecular weight is 1470 g/mol. The average Bonchev–Trinajstić information content (AvgIpc) is 1.57. The summed E-state index contributed by atoms with van der Waals surface area (Å²) >= 11 is 0. The van der Waals surface area contributed by atoms with Crippen molar-refractivity contribution in [3.8, 4) is 101 Å². The molecule has 14 rings (SSSR count). The van der Waals surface area contributed by atoms with Crippen molar-refractivity contribution in [2.75, 3.05) is 0 Å². The molecule has 0 saturated carbocycles. The number of nitrogens with zero attached hydrogens (tertiary/aromatic N) is 2. The number of aromatic nitrogens is 4. The summed E-state index contributed by atoms with van der Waals surface area (Å²) in [5.41, 5.74) is 32.2. The second kappa shape index (κ2) is 33.5. The number of allylic oxidation sites excluding steroid dienone is 4. The third kappa shape index (κ3) is 15.0. The number of aromatic hydroxyl groups is 1. The number of benzene rings is 9. The summed E-state index contributed by atoms with van der Waals surface area (Å²) in [7, 11) is 0. The van der Waals surface area contributed by atoms with Gasteiger partial charge in [0.1, 0.15) is 17.1 Å². The normalized spacial score (nSPS) is 11.7. The molecule has 2 aliphatic rings. The second-order valence-electron chi connectivity index (χ2n) is 27.0. The molecule has 0 fully saturated rings. The van der Waals surface area contributed by atoms with E-state index >= 15 is 0 Å². The molecular formula is C96H88N4O11. The topological polar surface area (TPSA) is 253 Å². The number of fused-ring (bicyclic) bond motifs is 8. The van der Waals surface area contributed by atoms with Gasteiger partial charge in [0.25, 0.3) is 6.47 Å². The first-order valence-corrected chi connectivity index (χ1v) is 37.4. The van der Waals surface area contributed by atoms with Crippen LogP contribution in [-0.2, 0) is 30.5 Å². The summed E-state index contributed by atoms with van der Waals surface area (Å²) in [6, 6.07) is 68.8. The Hall–Kier alpha value is -13.3. The Bertz CT molecular complexity index is 5710. The van der Waals surface area contributed by atoms with Crippen LogP contribution in [0.5, 0.6) is 11.5 Å². The van der Waals surface area contributed by atoms with Crippen LogP contribution in [0.3, 0.4) is 0 Å². The zero-order valence-electron chi connectivity index (χ0n) is 62.6. The van der Waals surface area contributed by atoms with Crippen LogP contribution in [-0.4, -0.2) is 75.8 Å². The highest BCUT2D eigenvalue weighted by molar-refractivity contribution is 6.10. The van der Waals surface area contributed by atoms with E-state index in [-0.39, 0.29) is 35.4 Å². The molecule has 111 heavy (non-hydrogen) atoms. The molecule has 3 aromatic heterocycles. The highest BCUT2D eigenvalue weighted by Crippen LogP contribution is 2.51. The molecule has 0 unspecified atom stereocenters. The largest absolute Gasteiger partial charge is 0.507 e. The summed E-state index contributed by atoms with van der Waals surface area (Å²) in [6.45, 7) is 18.3. The second-order valence-corrected chi connectivity index (χ2v) is 27.0. The smallest absolute Gasteiger partial charge is 0.339 e. The molecule has 7 N–H and O–H groups in total. The van der Waals surface area contributed by atoms with Crippen molar-refractivity contribution in [1.82, 2.24) is 19.9 Å². The van der Waals surface area contributed by atoms with Gasteiger partial charge in [0.15, 0.2) is 0 Å². The molecule has 8 bridgehead atoms. The lowest BCUT2D eigenvalue weighted by Gasteiger charge is -2.12. The van der Waals surface area contributed by atoms with Crippen LogP contribution in [0.15, 0.2) is 218 Å². The first-order chi connectivity index (χ1) is 53.4. The fraction of sp³-hybridized carbons (Fsp3) is 0.177. The van der Waals surface area contributed by atoms with Gasteiger partial charge in [-0.05, 0) is 223 Å². The van der Waals surface area contributed by atoms with Crippen LogP contribution in [0.1, 0.15) is 175 Å². The molecule has 5 heterocycles. The number of hydrogen-bond donors (Lipinski definition) is 7. The lowest BCUT2D eigenvalue weighted by Crippen LogP contribution is -1.95. The van der Waals surface area contributed by atoms with Gasteiger partial charge >= 0.3 is 23.9 Å². The van der Waals surface area contributed by atoms with E-state index < -0.39 is 23.9 Å². The van der Waals surface area contributed by atoms with E-state index in [1.165, 1.54) is 17.7 Å². The molecule has 0 radical (unpaired) electrons. The van der Waals surface area contributed by atoms with Crippen molar-refractivity contribution < 1.29 is 54.2 Å². The summed E-state index contributed by atoms with van der Waals surface area (Å²) in [5.74, 6) is -3.80. The van der Waals surface area contributed by atoms with Crippen molar-refractivity contribution >= 4 is 74.7 Å². The van der Waals surface area contributed by atoms with E-state index in [2.05, 4.69) is 162 Å². The minimum absolute atomic E-state index is 0. The number of carboxylic acids is 4. The van der Waals surface area contributed by atoms with Gasteiger partial charge in [-0.15, -0.1) is 0 Å². The van der Waals surface area contributed by atoms with Gasteiger partial charge in [-0.3, -0.25) is 4.79 Å². The molecule has 0 aliphatic carbocycles. The van der Waals surface area contributed by atoms with E-state index in [0.717, 1.165) is 173 Å². The number of ether oxygens (including phenoxy) is 1. The van der Waals surface area contributed by atoms with Gasteiger partial charge in [-0.1, -0.05) is 221 Å². The standard InChI is InChI=1S/C88H78N4O8.C7H6O3.CH4/c1-9-66-68(11-3)80-75(59-33-19-51(20-34-59)55-27-41-63(42-28-55)87(96)97)82-70(13-5)72(15-7)84(91-82)77(61-37-23-53(24-38-61)57-45-47-65(48-46-57)100-49-93)85-73(16-8)71(14-6)83(92-85)76(60-35-21-52(22-36-60)56-29-43-64(44-30-56)88(98)99)81-69(12-4)67(10-2)79(90-81)74(78(66)89-80)58-31-17-50(18-32-58)54-25-39-62(40-26-54)86(94)95;8-6-4-2-1-3-5(6)7(9)10;/h17-49,89,92H,9-16H2,1-8H3,(H,94,95)(H,96,97)(H,98,99);1-4,8H,(H,9,10);1H4. The quantitative estimate of drug-likeness (QED) is 0.0312. The number of phenols is 1. The van der Waals surface area contributed by atoms with Crippen LogP contribution >= 0.6 is 0 Å². The number of carboxylic acid groups (broad SMARTS) is 4. The maximum atomic E-state index is 12.0. The van der Waals surface area contributed by atoms with Crippen molar-refractivity contribution in [3.05, 3.63) is 286 Å². The van der Waals surface area contributed by atoms with E-state index in [1.54, 1.807) is 60.7 Å². The number of H-pyrrole nitrogens is 2. The number of hydrogen-bond acceptors (Lipinski definition) is 9. The van der Waals surface area contributed by atoms with Crippen molar-refractivity contribution in [2.45, 2.75) is 114 Å². The summed E-state index contributed by atoms with van der Waals surface area (Å²) in [4.78, 5) is 78.5. The predicted octanol–water partition coefficient (Wildman–Crippen LogP) is 23.7. The number of nitrogens with one attached hydrogen (secondary N) is 2. The summed E-state index contributed by atoms with van der Waals surface area (Å²) < 4.78 is 5.19. The molecule has 0 spiro atoms. The van der Waals surface area contributed by atoms with Gasteiger partial charge in [0, 0.05) is 22.3 Å². The first kappa shape index (κ1) is 77.3. The minimum Gasteiger partial charge on any atom is -0.507 e. The Morgan fingerprint density at radius 1 is 0.315 bits per heavy atom. The molecule has 15 nitrogen and oxygen atoms in total. The molecule has 2 aliphatic heterocycles. The van der Waals surface area contributed by atoms with Gasteiger partial charge < -0.3 is 40.2 Å². The third-order valence-corrected chi connectivity index (χ3v) is 21.1. The molecule has 0 atom stereocenters. The fourth-order valence-electron chi connectivity index (χ4n) is 15.8. The minimum atomic E-state index is -1.11. The number of rotatable bonds is 22. The van der Waals surface area contributed by atoms with Crippen LogP contribution in [0.2, 0.25) is 0 Å². The Morgan fingerprint density at radius 3 is 0.739 bits per heavy atom. The number of carbonyl (C=O) groups is 5. The third-order valence-electron chi connectivity index (χ3n) is 21.1. The zero-order chi connectivity index (χ0) is 77.6. The highest BCUT2D eigenvalue weighted by Gasteiger charge is 2.32. The molecular weight excluding hydrogens is 1390 g/mol. The molecule has 558 valence electrons. The molecule has 12 aromatic rings. The Balaban J connectivity index is 0.000000965. The summed E-state index contributed by atoms with van der Waals surface area (Å²) in [6.07, 6.45) is 5.41. The van der Waals surface area contributed by atoms with Gasteiger partial charge in [0.2, 0.25) is 0 Å². The predicted molar refractivity (Wildman–Crippen MR) is 446 cm³/mol. The lowest BCUT2D eigenvalue weighted by atomic mass is 9.89. The van der Waals surface area contributed by atoms with Gasteiger partial charge in [-0.25, -0.2) is 29.1 Å². The van der Waals surface area contributed by atoms with Crippen molar-refractivity contribution in [2.24, 2.45) is 0 Å². The van der Waals surface area contributed by atoms with E-state index in [0.29, 0.717) is 63.6 Å². The Kier molecular flexibility index (Phi) is 23.3. The molecule has 9 aromatic carbocycles. The summed E-state index contributed by atoms with van der Waals surface area (Å²) in [5, 5.41) is 46.8. The Labute approximate surface area is 645 Å². The molecule has 0 saturated heterocycles. The maximum Gasteiger partial charge on any atom is 0.339 e. The van der Waals surface area contributed by atoms with Crippen LogP contribution in [0, 0.1) is 0 Å². The molecule has 15 heteroatoms. The lowest BCUT2D eigenvalue weighted by molar-refractivity contribution is -0.120. The number of aromatic carboxylic acids is 4. The SMILES string of the molecule is C.CCC1=C(CC)c2nc1c(-c1ccc(-c3ccc(OC=O)cc3)cc1)c1[nH]c(c(CC)c1CC)c(-c1ccc(-c3ccc(C(=O)O)cc3)cc1)c1nc(c(-c3ccc(-c4ccc(C(=O)O)cc4)cc3)c3[nH]c(c(CC)c3CC)c2-c2ccc(-c3ccc(C(=O)O)cc3)cc2)C(CC)=C1CC.O=C(O)c1ccccc1O. The van der Waals surface area contributed by atoms with Crippen LogP contribution in [0.4, 0.5) is 0 Å². The fourth-order valence-corrected chi connectivity index (χ4v) is 15.8. The number of carbonyl (C=O) groups excluding carboxylic acids is 1. The van der Waals surface area contributed by atoms with Crippen LogP contribution < -0.4 is 4.74 Å². The van der Waals surface area contributed by atoms with Gasteiger partial charge in [-0.2, -0.15) is 0 Å². The number of aryl methyl sites for hydroxylation is 4. The number of para-hydroxylation sites is 1. The van der Waals surface area contributed by atoms with Crippen molar-refractivity contribution in [3.63, 3.8) is 0 Å².